The Bertz CT molecular complexity index is 1780. The van der Waals surface area contributed by atoms with Gasteiger partial charge in [-0.1, -0.05) is 36.4 Å². The number of aromatic amines is 1. The highest BCUT2D eigenvalue weighted by atomic mass is 31.2. The summed E-state index contributed by atoms with van der Waals surface area (Å²) in [6, 6.07) is 11.9. The monoisotopic (exact) mass is 685 g/mol. The third-order valence-corrected chi connectivity index (χ3v) is 10.8. The summed E-state index contributed by atoms with van der Waals surface area (Å²) in [5.41, 5.74) is -4.05. The molecule has 12 nitrogen and oxygen atoms in total. The van der Waals surface area contributed by atoms with E-state index in [9.17, 15) is 32.5 Å². The van der Waals surface area contributed by atoms with Crippen molar-refractivity contribution >= 4 is 42.1 Å². The van der Waals surface area contributed by atoms with Crippen molar-refractivity contribution in [1.82, 2.24) is 25.0 Å². The van der Waals surface area contributed by atoms with Gasteiger partial charge in [0.1, 0.15) is 17.8 Å². The van der Waals surface area contributed by atoms with Crippen LogP contribution in [0.2, 0.25) is 0 Å². The number of halogens is 2. The van der Waals surface area contributed by atoms with E-state index in [1.54, 1.807) is 4.90 Å². The molecular formula is C33H38F2N5O7P. The number of likely N-dealkylation sites (tertiary alicyclic amines) is 1. The van der Waals surface area contributed by atoms with E-state index in [1.807, 2.05) is 35.2 Å². The van der Waals surface area contributed by atoms with Crippen LogP contribution >= 0.6 is 7.60 Å². The zero-order chi connectivity index (χ0) is 34.4. The lowest BCUT2D eigenvalue weighted by Crippen LogP contribution is -2.61. The fraction of sp³-hybridized carbons (Fsp3) is 0.455. The molecular weight excluding hydrogens is 647 g/mol. The van der Waals surface area contributed by atoms with Gasteiger partial charge in [-0.3, -0.25) is 23.7 Å². The summed E-state index contributed by atoms with van der Waals surface area (Å²) in [7, 11) is -5.81. The van der Waals surface area contributed by atoms with Crippen LogP contribution in [0.4, 0.5) is 8.78 Å². The molecule has 4 amide bonds. The first-order valence-corrected chi connectivity index (χ1v) is 17.7. The van der Waals surface area contributed by atoms with Gasteiger partial charge in [-0.25, -0.2) is 0 Å². The Morgan fingerprint density at radius 2 is 1.77 bits per heavy atom. The lowest BCUT2D eigenvalue weighted by molar-refractivity contribution is -0.149. The minimum absolute atomic E-state index is 0.0108. The molecule has 3 saturated heterocycles. The summed E-state index contributed by atoms with van der Waals surface area (Å²) in [6.07, 6.45) is 3.98. The number of nitrogens with one attached hydrogen (secondary N) is 2. The van der Waals surface area contributed by atoms with Gasteiger partial charge in [0.15, 0.2) is 0 Å². The standard InChI is InChI=1S/C33H38F2N5O7P/c1-20(41)38-15-13-24-10-12-29(32(44)39-14-5-8-25(39)16-21-6-3-2-4-7-21)40(24)31(43)28(19-38)37-30(42)27-18-22-17-23(9-11-26(22)36-27)33(34,35)48(45,46)47/h2-4,6-7,9,11,17-18,24-25,28-29,36H,5,8,10,12-16,19H2,1H3,(H,37,42)(H2,45,46,47)/t24-,25+,28+,29+/m1/s1. The topological polar surface area (TPSA) is 163 Å². The second-order valence-electron chi connectivity index (χ2n) is 12.9. The maximum Gasteiger partial charge on any atom is 0.399 e. The van der Waals surface area contributed by atoms with E-state index in [0.717, 1.165) is 30.5 Å². The molecule has 256 valence electrons. The van der Waals surface area contributed by atoms with Crippen molar-refractivity contribution in [2.45, 2.75) is 75.3 Å². The molecule has 3 aliphatic heterocycles. The highest BCUT2D eigenvalue weighted by Crippen LogP contribution is 2.59. The number of aromatic nitrogens is 1. The average molecular weight is 686 g/mol. The van der Waals surface area contributed by atoms with Crippen LogP contribution < -0.4 is 5.32 Å². The van der Waals surface area contributed by atoms with Crippen molar-refractivity contribution in [3.8, 4) is 0 Å². The van der Waals surface area contributed by atoms with E-state index in [-0.39, 0.29) is 47.0 Å². The van der Waals surface area contributed by atoms with Crippen LogP contribution in [0, 0.1) is 0 Å². The summed E-state index contributed by atoms with van der Waals surface area (Å²) >= 11 is 0. The first-order valence-electron chi connectivity index (χ1n) is 16.0. The van der Waals surface area contributed by atoms with E-state index in [1.165, 1.54) is 24.0 Å². The number of carbonyl (C=O) groups excluding carboxylic acids is 4. The largest absolute Gasteiger partial charge is 0.399 e. The van der Waals surface area contributed by atoms with Gasteiger partial charge in [-0.2, -0.15) is 8.78 Å². The van der Waals surface area contributed by atoms with Crippen LogP contribution in [0.25, 0.3) is 10.9 Å². The molecule has 0 spiro atoms. The van der Waals surface area contributed by atoms with Crippen molar-refractivity contribution in [2.24, 2.45) is 0 Å². The maximum atomic E-state index is 14.3. The molecule has 0 radical (unpaired) electrons. The number of carbonyl (C=O) groups is 4. The van der Waals surface area contributed by atoms with Crippen LogP contribution in [0.3, 0.4) is 0 Å². The van der Waals surface area contributed by atoms with Gasteiger partial charge in [-0.15, -0.1) is 0 Å². The number of fused-ring (bicyclic) bond motifs is 2. The number of H-pyrrole nitrogens is 1. The van der Waals surface area contributed by atoms with Gasteiger partial charge in [0, 0.05) is 55.1 Å². The Morgan fingerprint density at radius 3 is 2.48 bits per heavy atom. The first kappa shape index (κ1) is 33.8. The summed E-state index contributed by atoms with van der Waals surface area (Å²) in [5, 5.41) is 2.80. The number of amides is 4. The van der Waals surface area contributed by atoms with Gasteiger partial charge in [0.05, 0.1) is 0 Å². The highest BCUT2D eigenvalue weighted by Gasteiger charge is 2.51. The number of alkyl halides is 2. The first-order chi connectivity index (χ1) is 22.7. The lowest BCUT2D eigenvalue weighted by Gasteiger charge is -2.39. The SMILES string of the molecule is CC(=O)N1CC[C@H]2CC[C@@H](C(=O)N3CCC[C@H]3Cc3ccccc3)N2C(=O)[C@@H](NC(=O)c2cc3cc(C(F)(F)P(=O)(O)O)ccc3[nH]2)C1. The molecule has 15 heteroatoms. The number of hydrogen-bond donors (Lipinski definition) is 4. The van der Waals surface area contributed by atoms with Crippen molar-refractivity contribution in [1.29, 1.82) is 0 Å². The third kappa shape index (κ3) is 6.48. The minimum Gasteiger partial charge on any atom is -0.351 e. The van der Waals surface area contributed by atoms with E-state index in [2.05, 4.69) is 10.3 Å². The van der Waals surface area contributed by atoms with Crippen LogP contribution in [0.1, 0.15) is 60.6 Å². The van der Waals surface area contributed by atoms with Crippen molar-refractivity contribution < 1.29 is 42.3 Å². The van der Waals surface area contributed by atoms with Crippen molar-refractivity contribution in [3.63, 3.8) is 0 Å². The van der Waals surface area contributed by atoms with E-state index < -0.39 is 42.7 Å². The number of benzene rings is 2. The maximum absolute atomic E-state index is 14.3. The normalized spacial score (nSPS) is 23.6. The zero-order valence-corrected chi connectivity index (χ0v) is 27.2. The highest BCUT2D eigenvalue weighted by molar-refractivity contribution is 7.52. The van der Waals surface area contributed by atoms with Gasteiger partial charge in [0.2, 0.25) is 17.7 Å². The lowest BCUT2D eigenvalue weighted by atomic mass is 10.0. The zero-order valence-electron chi connectivity index (χ0n) is 26.3. The quantitative estimate of drug-likeness (QED) is 0.277. The van der Waals surface area contributed by atoms with E-state index in [4.69, 9.17) is 9.79 Å². The molecule has 6 rings (SSSR count). The Morgan fingerprint density at radius 1 is 1.02 bits per heavy atom. The molecule has 0 unspecified atom stereocenters. The second-order valence-corrected chi connectivity index (χ2v) is 14.5. The molecule has 2 aromatic carbocycles. The minimum atomic E-state index is -5.81. The predicted octanol–water partition coefficient (Wildman–Crippen LogP) is 3.34. The number of nitrogens with zero attached hydrogens (tertiary/aromatic N) is 3. The number of hydrogen-bond acceptors (Lipinski definition) is 5. The van der Waals surface area contributed by atoms with Crippen molar-refractivity contribution in [2.75, 3.05) is 19.6 Å². The predicted molar refractivity (Wildman–Crippen MR) is 171 cm³/mol. The smallest absolute Gasteiger partial charge is 0.351 e. The molecule has 3 aliphatic rings. The fourth-order valence-electron chi connectivity index (χ4n) is 7.27. The molecule has 4 N–H and O–H groups in total. The molecule has 48 heavy (non-hydrogen) atoms. The fourth-order valence-corrected chi connectivity index (χ4v) is 7.75. The average Bonchev–Trinajstić information content (AvgIpc) is 3.79. The molecule has 4 heterocycles. The van der Waals surface area contributed by atoms with Crippen LogP contribution in [-0.4, -0.2) is 96.9 Å². The Balaban J connectivity index is 1.24. The van der Waals surface area contributed by atoms with Gasteiger partial charge in [-0.05, 0) is 62.3 Å². The number of rotatable bonds is 7. The van der Waals surface area contributed by atoms with Gasteiger partial charge >= 0.3 is 13.3 Å². The molecule has 3 fully saturated rings. The van der Waals surface area contributed by atoms with Crippen LogP contribution in [-0.2, 0) is 31.0 Å². The Labute approximate surface area is 275 Å². The van der Waals surface area contributed by atoms with E-state index >= 15 is 0 Å². The second kappa shape index (κ2) is 13.1. The summed E-state index contributed by atoms with van der Waals surface area (Å²) in [6.45, 7) is 2.19. The summed E-state index contributed by atoms with van der Waals surface area (Å²) < 4.78 is 40.1. The molecule has 1 aromatic heterocycles. The van der Waals surface area contributed by atoms with Gasteiger partial charge in [0.25, 0.3) is 5.91 Å². The Hall–Kier alpha value is -4.13. The van der Waals surface area contributed by atoms with Gasteiger partial charge < -0.3 is 34.8 Å². The summed E-state index contributed by atoms with van der Waals surface area (Å²) in [4.78, 5) is 80.4. The van der Waals surface area contributed by atoms with Crippen LogP contribution in [0.5, 0.6) is 0 Å². The van der Waals surface area contributed by atoms with Crippen LogP contribution in [0.15, 0.2) is 54.6 Å². The Kier molecular flexibility index (Phi) is 9.18. The van der Waals surface area contributed by atoms with E-state index in [0.29, 0.717) is 38.8 Å². The van der Waals surface area contributed by atoms with Crippen molar-refractivity contribution in [3.05, 3.63) is 71.4 Å². The molecule has 0 saturated carbocycles. The summed E-state index contributed by atoms with van der Waals surface area (Å²) in [5.74, 6) is -1.62. The molecule has 0 aliphatic carbocycles. The molecule has 4 atom stereocenters. The molecule has 0 bridgehead atoms. The molecule has 3 aromatic rings. The third-order valence-electron chi connectivity index (χ3n) is 9.78.